The van der Waals surface area contributed by atoms with E-state index in [2.05, 4.69) is 13.2 Å². The largest absolute Gasteiger partial charge is 0.369 e. The first kappa shape index (κ1) is 18.5. The van der Waals surface area contributed by atoms with Crippen LogP contribution in [0.5, 0.6) is 0 Å². The van der Waals surface area contributed by atoms with Crippen LogP contribution in [0, 0.1) is 11.6 Å². The molecule has 3 rings (SSSR count). The van der Waals surface area contributed by atoms with E-state index in [-0.39, 0.29) is 23.8 Å². The summed E-state index contributed by atoms with van der Waals surface area (Å²) in [7, 11) is 0. The van der Waals surface area contributed by atoms with Crippen molar-refractivity contribution in [2.75, 3.05) is 13.2 Å². The average molecular weight is 356 g/mol. The van der Waals surface area contributed by atoms with Gasteiger partial charge in [-0.15, -0.1) is 0 Å². The summed E-state index contributed by atoms with van der Waals surface area (Å²) >= 11 is 0. The molecule has 136 valence electrons. The van der Waals surface area contributed by atoms with Crippen molar-refractivity contribution in [3.05, 3.63) is 95.6 Å². The molecule has 0 radical (unpaired) electrons. The molecule has 0 bridgehead atoms. The zero-order valence-corrected chi connectivity index (χ0v) is 14.6. The second kappa shape index (κ2) is 8.39. The van der Waals surface area contributed by atoms with Crippen LogP contribution in [-0.4, -0.2) is 13.2 Å². The third-order valence-electron chi connectivity index (χ3n) is 4.41. The van der Waals surface area contributed by atoms with Crippen LogP contribution in [0.25, 0.3) is 0 Å². The van der Waals surface area contributed by atoms with Gasteiger partial charge in [0.2, 0.25) is 0 Å². The van der Waals surface area contributed by atoms with Gasteiger partial charge in [0.05, 0.1) is 25.4 Å². The van der Waals surface area contributed by atoms with Gasteiger partial charge >= 0.3 is 0 Å². The highest BCUT2D eigenvalue weighted by molar-refractivity contribution is 5.23. The van der Waals surface area contributed by atoms with Gasteiger partial charge in [0.25, 0.3) is 0 Å². The smallest absolute Gasteiger partial charge is 0.123 e. The molecule has 2 atom stereocenters. The summed E-state index contributed by atoms with van der Waals surface area (Å²) in [4.78, 5) is 0. The van der Waals surface area contributed by atoms with Crippen molar-refractivity contribution in [3.8, 4) is 0 Å². The Kier molecular flexibility index (Phi) is 5.96. The quantitative estimate of drug-likeness (QED) is 0.644. The number of rotatable bonds is 2. The highest BCUT2D eigenvalue weighted by atomic mass is 19.1. The number of halogens is 2. The summed E-state index contributed by atoms with van der Waals surface area (Å²) in [6, 6.07) is 12.6. The van der Waals surface area contributed by atoms with Crippen molar-refractivity contribution in [1.29, 1.82) is 0 Å². The normalized spacial score (nSPS) is 22.2. The minimum atomic E-state index is -0.276. The summed E-state index contributed by atoms with van der Waals surface area (Å²) < 4.78 is 38.4. The molecule has 1 saturated heterocycles. The van der Waals surface area contributed by atoms with E-state index < -0.39 is 0 Å². The molecule has 0 aliphatic carbocycles. The lowest BCUT2D eigenvalue weighted by Crippen LogP contribution is -2.16. The maximum absolute atomic E-state index is 13.2. The first-order valence-electron chi connectivity index (χ1n) is 8.58. The van der Waals surface area contributed by atoms with Gasteiger partial charge in [-0.3, -0.25) is 0 Å². The second-order valence-electron chi connectivity index (χ2n) is 6.61. The fraction of sp³-hybridized carbons (Fsp3) is 0.273. The fourth-order valence-corrected chi connectivity index (χ4v) is 2.98. The maximum atomic E-state index is 13.2. The maximum Gasteiger partial charge on any atom is 0.123 e. The minimum Gasteiger partial charge on any atom is -0.369 e. The molecule has 2 aromatic carbocycles. The van der Waals surface area contributed by atoms with Gasteiger partial charge in [-0.1, -0.05) is 37.4 Å². The van der Waals surface area contributed by atoms with Crippen molar-refractivity contribution in [3.63, 3.8) is 0 Å². The molecule has 0 saturated carbocycles. The zero-order valence-electron chi connectivity index (χ0n) is 14.6. The van der Waals surface area contributed by atoms with Crippen LogP contribution in [-0.2, 0) is 9.47 Å². The van der Waals surface area contributed by atoms with Crippen molar-refractivity contribution in [2.45, 2.75) is 25.0 Å². The van der Waals surface area contributed by atoms with Crippen molar-refractivity contribution in [2.24, 2.45) is 0 Å². The molecular formula is C22H22F2O2. The summed E-state index contributed by atoms with van der Waals surface area (Å²) in [6.45, 7) is 8.91. The Morgan fingerprint density at radius 1 is 0.654 bits per heavy atom. The van der Waals surface area contributed by atoms with Crippen LogP contribution >= 0.6 is 0 Å². The first-order chi connectivity index (χ1) is 12.5. The number of hydrogen-bond donors (Lipinski definition) is 0. The summed E-state index contributed by atoms with van der Waals surface area (Å²) in [5, 5.41) is 0. The number of hydrogen-bond acceptors (Lipinski definition) is 2. The van der Waals surface area contributed by atoms with E-state index in [0.717, 1.165) is 22.3 Å². The molecule has 0 spiro atoms. The standard InChI is InChI=1S/C22H22F2O2/c1-15-11-21(17-3-7-19(23)8-4-17)26-14-16(2)12-22(25-13-15)18-5-9-20(24)10-6-18/h3-10,21-22H,1-2,11-14H2/t21-,22+. The van der Waals surface area contributed by atoms with Gasteiger partial charge in [-0.05, 0) is 46.5 Å². The Labute approximate surface area is 152 Å². The molecule has 0 aromatic heterocycles. The Hall–Kier alpha value is -2.30. The summed E-state index contributed by atoms with van der Waals surface area (Å²) in [6.07, 6.45) is 0.723. The van der Waals surface area contributed by atoms with Gasteiger partial charge in [-0.25, -0.2) is 8.78 Å². The molecule has 0 N–H and O–H groups in total. The topological polar surface area (TPSA) is 18.5 Å². The van der Waals surface area contributed by atoms with Crippen molar-refractivity contribution in [1.82, 2.24) is 0 Å². The molecular weight excluding hydrogens is 334 g/mol. The minimum absolute atomic E-state index is 0.217. The molecule has 2 nitrogen and oxygen atoms in total. The van der Waals surface area contributed by atoms with Crippen molar-refractivity contribution >= 4 is 0 Å². The van der Waals surface area contributed by atoms with Gasteiger partial charge < -0.3 is 9.47 Å². The highest BCUT2D eigenvalue weighted by Gasteiger charge is 2.20. The van der Waals surface area contributed by atoms with Crippen LogP contribution in [0.3, 0.4) is 0 Å². The monoisotopic (exact) mass is 356 g/mol. The number of benzene rings is 2. The lowest BCUT2D eigenvalue weighted by atomic mass is 9.99. The lowest BCUT2D eigenvalue weighted by molar-refractivity contribution is 0.0296. The van der Waals surface area contributed by atoms with Gasteiger partial charge in [-0.2, -0.15) is 0 Å². The molecule has 1 aliphatic heterocycles. The van der Waals surface area contributed by atoms with Crippen LogP contribution in [0.15, 0.2) is 72.8 Å². The Balaban J connectivity index is 1.73. The van der Waals surface area contributed by atoms with Gasteiger partial charge in [0.1, 0.15) is 11.6 Å². The van der Waals surface area contributed by atoms with Crippen LogP contribution in [0.2, 0.25) is 0 Å². The summed E-state index contributed by atoms with van der Waals surface area (Å²) in [5.41, 5.74) is 3.57. The molecule has 1 fully saturated rings. The molecule has 0 amide bonds. The Morgan fingerprint density at radius 3 is 1.35 bits per heavy atom. The van der Waals surface area contributed by atoms with E-state index in [1.807, 2.05) is 0 Å². The third kappa shape index (κ3) is 4.87. The number of ether oxygens (including phenoxy) is 2. The Bertz CT molecular complexity index is 698. The first-order valence-corrected chi connectivity index (χ1v) is 8.58. The molecule has 1 heterocycles. The van der Waals surface area contributed by atoms with Gasteiger partial charge in [0.15, 0.2) is 0 Å². The van der Waals surface area contributed by atoms with E-state index in [1.165, 1.54) is 24.3 Å². The van der Waals surface area contributed by atoms with Gasteiger partial charge in [0, 0.05) is 12.8 Å². The predicted molar refractivity (Wildman–Crippen MR) is 97.7 cm³/mol. The van der Waals surface area contributed by atoms with Crippen molar-refractivity contribution < 1.29 is 18.3 Å². The van der Waals surface area contributed by atoms with E-state index in [4.69, 9.17) is 9.47 Å². The van der Waals surface area contributed by atoms with E-state index in [1.54, 1.807) is 24.3 Å². The fourth-order valence-electron chi connectivity index (χ4n) is 2.98. The molecule has 0 unspecified atom stereocenters. The average Bonchev–Trinajstić information content (AvgIpc) is 2.63. The molecule has 1 aliphatic rings. The van der Waals surface area contributed by atoms with E-state index >= 15 is 0 Å². The second-order valence-corrected chi connectivity index (χ2v) is 6.61. The molecule has 4 heteroatoms. The predicted octanol–water partition coefficient (Wildman–Crippen LogP) is 5.69. The van der Waals surface area contributed by atoms with Crippen LogP contribution < -0.4 is 0 Å². The third-order valence-corrected chi connectivity index (χ3v) is 4.41. The lowest BCUT2D eigenvalue weighted by Gasteiger charge is -2.26. The summed E-state index contributed by atoms with van der Waals surface area (Å²) in [5.74, 6) is -0.551. The molecule has 2 aromatic rings. The molecule has 26 heavy (non-hydrogen) atoms. The zero-order chi connectivity index (χ0) is 18.5. The SMILES string of the molecule is C=C1CO[C@@H](c2ccc(F)cc2)CC(=C)CO[C@H](c2ccc(F)cc2)C1. The Morgan fingerprint density at radius 2 is 1.00 bits per heavy atom. The van der Waals surface area contributed by atoms with Crippen LogP contribution in [0.1, 0.15) is 36.2 Å². The highest BCUT2D eigenvalue weighted by Crippen LogP contribution is 2.31. The van der Waals surface area contributed by atoms with E-state index in [9.17, 15) is 8.78 Å². The van der Waals surface area contributed by atoms with E-state index in [0.29, 0.717) is 26.1 Å². The van der Waals surface area contributed by atoms with Crippen LogP contribution in [0.4, 0.5) is 8.78 Å².